The lowest BCUT2D eigenvalue weighted by Gasteiger charge is -2.05. The molecule has 1 aliphatic rings. The molecule has 0 bridgehead atoms. The molecule has 2 rings (SSSR count). The fourth-order valence-corrected chi connectivity index (χ4v) is 1.63. The zero-order valence-electron chi connectivity index (χ0n) is 8.33. The van der Waals surface area contributed by atoms with Crippen LogP contribution in [0.1, 0.15) is 18.9 Å². The SMILES string of the molecule is CC1CC1CNc1cccc(C#N)c1. The lowest BCUT2D eigenvalue weighted by molar-refractivity contribution is 0.787. The van der Waals surface area contributed by atoms with E-state index in [1.807, 2.05) is 24.3 Å². The third-order valence-corrected chi connectivity index (χ3v) is 2.84. The van der Waals surface area contributed by atoms with Gasteiger partial charge < -0.3 is 5.32 Å². The first-order chi connectivity index (χ1) is 6.79. The average molecular weight is 186 g/mol. The van der Waals surface area contributed by atoms with Crippen LogP contribution in [0.2, 0.25) is 0 Å². The summed E-state index contributed by atoms with van der Waals surface area (Å²) in [4.78, 5) is 0. The van der Waals surface area contributed by atoms with Gasteiger partial charge in [0, 0.05) is 12.2 Å². The second kappa shape index (κ2) is 3.71. The molecule has 1 aliphatic carbocycles. The molecule has 2 atom stereocenters. The molecular formula is C12H14N2. The summed E-state index contributed by atoms with van der Waals surface area (Å²) in [5.41, 5.74) is 1.78. The Kier molecular flexibility index (Phi) is 2.41. The average Bonchev–Trinajstić information content (AvgIpc) is 2.92. The van der Waals surface area contributed by atoms with Crippen LogP contribution in [-0.4, -0.2) is 6.54 Å². The monoisotopic (exact) mass is 186 g/mol. The van der Waals surface area contributed by atoms with E-state index in [4.69, 9.17) is 5.26 Å². The van der Waals surface area contributed by atoms with Gasteiger partial charge in [-0.05, 0) is 36.5 Å². The summed E-state index contributed by atoms with van der Waals surface area (Å²) in [6.07, 6.45) is 1.34. The van der Waals surface area contributed by atoms with E-state index in [-0.39, 0.29) is 0 Å². The minimum absolute atomic E-state index is 0.721. The van der Waals surface area contributed by atoms with Crippen LogP contribution in [0, 0.1) is 23.2 Å². The van der Waals surface area contributed by atoms with Crippen molar-refractivity contribution in [1.29, 1.82) is 5.26 Å². The van der Waals surface area contributed by atoms with Gasteiger partial charge in [-0.3, -0.25) is 0 Å². The van der Waals surface area contributed by atoms with E-state index in [1.54, 1.807) is 0 Å². The maximum absolute atomic E-state index is 8.72. The largest absolute Gasteiger partial charge is 0.385 e. The lowest BCUT2D eigenvalue weighted by atomic mass is 10.2. The Hall–Kier alpha value is -1.49. The van der Waals surface area contributed by atoms with Crippen molar-refractivity contribution in [2.24, 2.45) is 11.8 Å². The fourth-order valence-electron chi connectivity index (χ4n) is 1.63. The van der Waals surface area contributed by atoms with Gasteiger partial charge in [-0.15, -0.1) is 0 Å². The molecule has 0 amide bonds. The van der Waals surface area contributed by atoms with Crippen molar-refractivity contribution in [1.82, 2.24) is 0 Å². The molecule has 1 aromatic rings. The summed E-state index contributed by atoms with van der Waals surface area (Å²) in [5, 5.41) is 12.1. The van der Waals surface area contributed by atoms with Crippen LogP contribution in [0.25, 0.3) is 0 Å². The van der Waals surface area contributed by atoms with Crippen LogP contribution in [0.3, 0.4) is 0 Å². The van der Waals surface area contributed by atoms with Crippen molar-refractivity contribution in [3.05, 3.63) is 29.8 Å². The van der Waals surface area contributed by atoms with Gasteiger partial charge in [-0.25, -0.2) is 0 Å². The van der Waals surface area contributed by atoms with Gasteiger partial charge in [-0.1, -0.05) is 13.0 Å². The number of nitrogens with zero attached hydrogens (tertiary/aromatic N) is 1. The molecule has 1 aromatic carbocycles. The highest BCUT2D eigenvalue weighted by atomic mass is 14.9. The zero-order chi connectivity index (χ0) is 9.97. The molecule has 2 nitrogen and oxygen atoms in total. The molecule has 0 aliphatic heterocycles. The quantitative estimate of drug-likeness (QED) is 0.787. The number of hydrogen-bond donors (Lipinski definition) is 1. The van der Waals surface area contributed by atoms with E-state index in [0.29, 0.717) is 0 Å². The zero-order valence-corrected chi connectivity index (χ0v) is 8.33. The fraction of sp³-hybridized carbons (Fsp3) is 0.417. The van der Waals surface area contributed by atoms with E-state index in [0.717, 1.165) is 29.6 Å². The van der Waals surface area contributed by atoms with Crippen molar-refractivity contribution in [3.8, 4) is 6.07 Å². The number of benzene rings is 1. The molecule has 14 heavy (non-hydrogen) atoms. The number of rotatable bonds is 3. The van der Waals surface area contributed by atoms with Gasteiger partial charge >= 0.3 is 0 Å². The van der Waals surface area contributed by atoms with Gasteiger partial charge in [0.05, 0.1) is 11.6 Å². The van der Waals surface area contributed by atoms with Crippen LogP contribution in [-0.2, 0) is 0 Å². The van der Waals surface area contributed by atoms with Gasteiger partial charge in [0.25, 0.3) is 0 Å². The molecule has 0 spiro atoms. The molecule has 0 heterocycles. The van der Waals surface area contributed by atoms with E-state index >= 15 is 0 Å². The molecule has 0 radical (unpaired) electrons. The number of hydrogen-bond acceptors (Lipinski definition) is 2. The third kappa shape index (κ3) is 2.05. The molecule has 1 fully saturated rings. The Balaban J connectivity index is 1.92. The normalized spacial score (nSPS) is 24.0. The maximum Gasteiger partial charge on any atom is 0.0992 e. The standard InChI is InChI=1S/C12H14N2/c1-9-5-11(9)8-14-12-4-2-3-10(6-12)7-13/h2-4,6,9,11,14H,5,8H2,1H3. The third-order valence-electron chi connectivity index (χ3n) is 2.84. The number of nitriles is 1. The van der Waals surface area contributed by atoms with Crippen molar-refractivity contribution in [2.45, 2.75) is 13.3 Å². The van der Waals surface area contributed by atoms with Gasteiger partial charge in [0.1, 0.15) is 0 Å². The molecule has 2 unspecified atom stereocenters. The first-order valence-corrected chi connectivity index (χ1v) is 5.03. The Labute approximate surface area is 84.6 Å². The molecule has 1 saturated carbocycles. The Morgan fingerprint density at radius 2 is 2.36 bits per heavy atom. The molecule has 72 valence electrons. The van der Waals surface area contributed by atoms with E-state index in [1.165, 1.54) is 6.42 Å². The van der Waals surface area contributed by atoms with Crippen LogP contribution < -0.4 is 5.32 Å². The second-order valence-electron chi connectivity index (χ2n) is 4.05. The van der Waals surface area contributed by atoms with Crippen LogP contribution in [0.4, 0.5) is 5.69 Å². The Morgan fingerprint density at radius 3 is 3.00 bits per heavy atom. The minimum Gasteiger partial charge on any atom is -0.385 e. The van der Waals surface area contributed by atoms with Crippen molar-refractivity contribution in [2.75, 3.05) is 11.9 Å². The van der Waals surface area contributed by atoms with Crippen molar-refractivity contribution < 1.29 is 0 Å². The Morgan fingerprint density at radius 1 is 1.57 bits per heavy atom. The molecular weight excluding hydrogens is 172 g/mol. The minimum atomic E-state index is 0.721. The lowest BCUT2D eigenvalue weighted by Crippen LogP contribution is -2.04. The molecule has 0 aromatic heterocycles. The van der Waals surface area contributed by atoms with Gasteiger partial charge in [0.15, 0.2) is 0 Å². The summed E-state index contributed by atoms with van der Waals surface area (Å²) in [7, 11) is 0. The summed E-state index contributed by atoms with van der Waals surface area (Å²) >= 11 is 0. The second-order valence-corrected chi connectivity index (χ2v) is 4.05. The van der Waals surface area contributed by atoms with Gasteiger partial charge in [0.2, 0.25) is 0 Å². The van der Waals surface area contributed by atoms with E-state index in [9.17, 15) is 0 Å². The van der Waals surface area contributed by atoms with Crippen LogP contribution in [0.15, 0.2) is 24.3 Å². The summed E-state index contributed by atoms with van der Waals surface area (Å²) in [6, 6.07) is 9.78. The highest BCUT2D eigenvalue weighted by molar-refractivity contribution is 5.49. The topological polar surface area (TPSA) is 35.8 Å². The van der Waals surface area contributed by atoms with Crippen molar-refractivity contribution >= 4 is 5.69 Å². The smallest absolute Gasteiger partial charge is 0.0992 e. The summed E-state index contributed by atoms with van der Waals surface area (Å²) < 4.78 is 0. The molecule has 1 N–H and O–H groups in total. The maximum atomic E-state index is 8.72. The van der Waals surface area contributed by atoms with Crippen LogP contribution in [0.5, 0.6) is 0 Å². The first-order valence-electron chi connectivity index (χ1n) is 5.03. The predicted octanol–water partition coefficient (Wildman–Crippen LogP) is 2.63. The molecule has 0 saturated heterocycles. The summed E-state index contributed by atoms with van der Waals surface area (Å²) in [5.74, 6) is 1.71. The summed E-state index contributed by atoms with van der Waals surface area (Å²) in [6.45, 7) is 3.31. The first kappa shape index (κ1) is 9.08. The van der Waals surface area contributed by atoms with E-state index in [2.05, 4.69) is 18.3 Å². The van der Waals surface area contributed by atoms with Crippen molar-refractivity contribution in [3.63, 3.8) is 0 Å². The Bertz CT molecular complexity index is 365. The van der Waals surface area contributed by atoms with Crippen LogP contribution >= 0.6 is 0 Å². The van der Waals surface area contributed by atoms with E-state index < -0.39 is 0 Å². The number of anilines is 1. The predicted molar refractivity (Wildman–Crippen MR) is 56.9 cm³/mol. The highest BCUT2D eigenvalue weighted by Crippen LogP contribution is 2.37. The van der Waals surface area contributed by atoms with Gasteiger partial charge in [-0.2, -0.15) is 5.26 Å². The molecule has 2 heteroatoms. The number of nitrogens with one attached hydrogen (secondary N) is 1. The highest BCUT2D eigenvalue weighted by Gasteiger charge is 2.31.